The van der Waals surface area contributed by atoms with Crippen molar-refractivity contribution < 1.29 is 9.13 Å². The van der Waals surface area contributed by atoms with Gasteiger partial charge >= 0.3 is 0 Å². The van der Waals surface area contributed by atoms with Gasteiger partial charge in [0.15, 0.2) is 0 Å². The van der Waals surface area contributed by atoms with Crippen LogP contribution in [0.15, 0.2) is 53.5 Å². The summed E-state index contributed by atoms with van der Waals surface area (Å²) < 4.78 is 19.7. The van der Waals surface area contributed by atoms with Crippen LogP contribution in [0.1, 0.15) is 35.6 Å². The molecule has 1 fully saturated rings. The van der Waals surface area contributed by atoms with Crippen LogP contribution in [-0.2, 0) is 11.2 Å². The van der Waals surface area contributed by atoms with Crippen molar-refractivity contribution in [2.45, 2.75) is 30.8 Å². The number of halogens is 1. The van der Waals surface area contributed by atoms with E-state index in [1.807, 2.05) is 12.1 Å². The van der Waals surface area contributed by atoms with Crippen LogP contribution in [0.4, 0.5) is 4.39 Å². The summed E-state index contributed by atoms with van der Waals surface area (Å²) in [4.78, 5) is 9.76. The van der Waals surface area contributed by atoms with E-state index in [0.29, 0.717) is 6.61 Å². The Hall–Kier alpha value is -2.40. The number of rotatable bonds is 1. The molecule has 1 saturated heterocycles. The summed E-state index contributed by atoms with van der Waals surface area (Å²) in [5, 5.41) is 0. The number of aliphatic imine (C=N–C) groups is 1. The molecule has 3 aliphatic heterocycles. The normalized spacial score (nSPS) is 24.0. The summed E-state index contributed by atoms with van der Waals surface area (Å²) in [5.41, 5.74) is 3.60. The number of hydrogen-bond acceptors (Lipinski definition) is 4. The summed E-state index contributed by atoms with van der Waals surface area (Å²) in [7, 11) is 2.17. The molecule has 0 saturated carbocycles. The molecule has 0 unspecified atom stereocenters. The predicted octanol–water partition coefficient (Wildman–Crippen LogP) is 3.62. The van der Waals surface area contributed by atoms with E-state index >= 15 is 0 Å². The Kier molecular flexibility index (Phi) is 4.35. The van der Waals surface area contributed by atoms with Gasteiger partial charge in [0.1, 0.15) is 18.0 Å². The van der Waals surface area contributed by atoms with E-state index < -0.39 is 0 Å². The highest BCUT2D eigenvalue weighted by Crippen LogP contribution is 2.38. The molecule has 28 heavy (non-hydrogen) atoms. The molecule has 0 aliphatic carbocycles. The molecule has 0 aromatic heterocycles. The average Bonchev–Trinajstić information content (AvgIpc) is 3.14. The van der Waals surface area contributed by atoms with Crippen molar-refractivity contribution in [3.8, 4) is 0 Å². The number of amidine groups is 1. The summed E-state index contributed by atoms with van der Waals surface area (Å²) in [5.74, 6) is -0.209. The van der Waals surface area contributed by atoms with Gasteiger partial charge in [-0.15, -0.1) is 0 Å². The van der Waals surface area contributed by atoms with Crippen molar-refractivity contribution in [2.24, 2.45) is 4.99 Å². The SMILES string of the molecule is CN1CCC2(CC1)COC(N1CCc3ccccc3[C@@H]1c1ccc(F)cc1)=N2. The zero-order valence-electron chi connectivity index (χ0n) is 16.3. The van der Waals surface area contributed by atoms with Crippen molar-refractivity contribution in [2.75, 3.05) is 33.3 Å². The topological polar surface area (TPSA) is 28.1 Å². The number of hydrogen-bond donors (Lipinski definition) is 0. The van der Waals surface area contributed by atoms with Crippen molar-refractivity contribution >= 4 is 6.02 Å². The number of likely N-dealkylation sites (tertiary alicyclic amines) is 1. The van der Waals surface area contributed by atoms with Crippen LogP contribution in [0.5, 0.6) is 0 Å². The maximum atomic E-state index is 13.6. The standard InChI is InChI=1S/C23H26FN3O/c1-26-14-11-23(12-15-26)16-28-22(25-23)27-13-10-17-4-2-3-5-20(17)21(27)18-6-8-19(24)9-7-18/h2-9,21H,10-16H2,1H3/t21-/m0/s1. The zero-order valence-corrected chi connectivity index (χ0v) is 16.3. The van der Waals surface area contributed by atoms with Crippen LogP contribution >= 0.6 is 0 Å². The molecule has 3 heterocycles. The Morgan fingerprint density at radius 2 is 1.79 bits per heavy atom. The Bertz CT molecular complexity index is 887. The molecule has 0 bridgehead atoms. The molecule has 1 atom stereocenters. The minimum absolute atomic E-state index is 0.00529. The largest absolute Gasteiger partial charge is 0.463 e. The average molecular weight is 379 g/mol. The van der Waals surface area contributed by atoms with Crippen molar-refractivity contribution in [1.82, 2.24) is 9.80 Å². The van der Waals surface area contributed by atoms with Gasteiger partial charge < -0.3 is 14.5 Å². The van der Waals surface area contributed by atoms with E-state index in [1.54, 1.807) is 12.1 Å². The molecule has 5 rings (SSSR count). The second-order valence-corrected chi connectivity index (χ2v) is 8.31. The van der Waals surface area contributed by atoms with E-state index in [4.69, 9.17) is 9.73 Å². The van der Waals surface area contributed by atoms with Gasteiger partial charge in [0.05, 0.1) is 6.04 Å². The molecule has 146 valence electrons. The second kappa shape index (κ2) is 6.89. The lowest BCUT2D eigenvalue weighted by atomic mass is 9.88. The van der Waals surface area contributed by atoms with Crippen LogP contribution in [-0.4, -0.2) is 54.6 Å². The zero-order chi connectivity index (χ0) is 19.1. The summed E-state index contributed by atoms with van der Waals surface area (Å²) >= 11 is 0. The first-order chi connectivity index (χ1) is 13.6. The smallest absolute Gasteiger partial charge is 0.288 e. The molecular formula is C23H26FN3O. The molecule has 5 heteroatoms. The third-order valence-electron chi connectivity index (χ3n) is 6.44. The van der Waals surface area contributed by atoms with Crippen LogP contribution < -0.4 is 0 Å². The number of fused-ring (bicyclic) bond motifs is 1. The van der Waals surface area contributed by atoms with Gasteiger partial charge in [-0.1, -0.05) is 36.4 Å². The second-order valence-electron chi connectivity index (χ2n) is 8.31. The number of benzene rings is 2. The molecule has 0 N–H and O–H groups in total. The van der Waals surface area contributed by atoms with Gasteiger partial charge in [-0.05, 0) is 55.1 Å². The first-order valence-electron chi connectivity index (χ1n) is 10.1. The molecule has 0 radical (unpaired) electrons. The van der Waals surface area contributed by atoms with E-state index in [0.717, 1.165) is 50.5 Å². The van der Waals surface area contributed by atoms with Crippen molar-refractivity contribution in [3.63, 3.8) is 0 Å². The minimum atomic E-state index is -0.209. The summed E-state index contributed by atoms with van der Waals surface area (Å²) in [6.07, 6.45) is 3.04. The van der Waals surface area contributed by atoms with Gasteiger partial charge in [0.25, 0.3) is 6.02 Å². The molecule has 0 amide bonds. The van der Waals surface area contributed by atoms with Gasteiger partial charge in [-0.2, -0.15) is 0 Å². The molecule has 2 aromatic carbocycles. The van der Waals surface area contributed by atoms with Crippen LogP contribution in [0.25, 0.3) is 0 Å². The van der Waals surface area contributed by atoms with Gasteiger partial charge in [0.2, 0.25) is 0 Å². The van der Waals surface area contributed by atoms with Gasteiger partial charge in [0, 0.05) is 19.6 Å². The van der Waals surface area contributed by atoms with E-state index in [1.165, 1.54) is 11.1 Å². The number of piperidine rings is 1. The van der Waals surface area contributed by atoms with Crippen LogP contribution in [0.2, 0.25) is 0 Å². The molecule has 1 spiro atoms. The number of ether oxygens (including phenoxy) is 1. The lowest BCUT2D eigenvalue weighted by molar-refractivity contribution is 0.145. The monoisotopic (exact) mass is 379 g/mol. The minimum Gasteiger partial charge on any atom is -0.463 e. The first-order valence-corrected chi connectivity index (χ1v) is 10.1. The fourth-order valence-electron chi connectivity index (χ4n) is 4.68. The summed E-state index contributed by atoms with van der Waals surface area (Å²) in [6, 6.07) is 16.2. The molecule has 2 aromatic rings. The van der Waals surface area contributed by atoms with Crippen LogP contribution in [0, 0.1) is 5.82 Å². The third-order valence-corrected chi connectivity index (χ3v) is 6.44. The lowest BCUT2D eigenvalue weighted by Crippen LogP contribution is -2.42. The maximum absolute atomic E-state index is 13.6. The Morgan fingerprint density at radius 1 is 1.04 bits per heavy atom. The Morgan fingerprint density at radius 3 is 2.57 bits per heavy atom. The molecular weight excluding hydrogens is 353 g/mol. The highest BCUT2D eigenvalue weighted by atomic mass is 19.1. The van der Waals surface area contributed by atoms with Gasteiger partial charge in [-0.25, -0.2) is 9.38 Å². The van der Waals surface area contributed by atoms with E-state index in [2.05, 4.69) is 41.1 Å². The molecule has 4 nitrogen and oxygen atoms in total. The quantitative estimate of drug-likeness (QED) is 0.758. The number of nitrogens with zero attached hydrogens (tertiary/aromatic N) is 3. The lowest BCUT2D eigenvalue weighted by Gasteiger charge is -2.38. The Labute approximate surface area is 165 Å². The Balaban J connectivity index is 1.52. The fourth-order valence-corrected chi connectivity index (χ4v) is 4.68. The van der Waals surface area contributed by atoms with Gasteiger partial charge in [-0.3, -0.25) is 0 Å². The van der Waals surface area contributed by atoms with Crippen molar-refractivity contribution in [3.05, 3.63) is 71.0 Å². The van der Waals surface area contributed by atoms with Crippen LogP contribution in [0.3, 0.4) is 0 Å². The first kappa shape index (κ1) is 17.7. The van der Waals surface area contributed by atoms with E-state index in [9.17, 15) is 4.39 Å². The molecule has 3 aliphatic rings. The maximum Gasteiger partial charge on any atom is 0.288 e. The van der Waals surface area contributed by atoms with E-state index in [-0.39, 0.29) is 17.4 Å². The fraction of sp³-hybridized carbons (Fsp3) is 0.435. The predicted molar refractivity (Wildman–Crippen MR) is 108 cm³/mol. The summed E-state index contributed by atoms with van der Waals surface area (Å²) in [6.45, 7) is 3.65. The highest BCUT2D eigenvalue weighted by molar-refractivity contribution is 5.78. The van der Waals surface area contributed by atoms with Crippen molar-refractivity contribution in [1.29, 1.82) is 0 Å². The highest BCUT2D eigenvalue weighted by Gasteiger charge is 2.42. The third kappa shape index (κ3) is 3.08.